The van der Waals surface area contributed by atoms with E-state index in [-0.39, 0.29) is 11.5 Å². The van der Waals surface area contributed by atoms with Crippen LogP contribution in [0.25, 0.3) is 0 Å². The van der Waals surface area contributed by atoms with E-state index in [9.17, 15) is 13.5 Å². The molecular weight excluding hydrogens is 266 g/mol. The number of ether oxygens (including phenoxy) is 1. The van der Waals surface area contributed by atoms with Crippen LogP contribution in [-0.4, -0.2) is 32.3 Å². The van der Waals surface area contributed by atoms with E-state index in [0.29, 0.717) is 25.2 Å². The van der Waals surface area contributed by atoms with Crippen molar-refractivity contribution in [1.29, 1.82) is 0 Å². The highest BCUT2D eigenvalue weighted by atomic mass is 32.2. The topological polar surface area (TPSA) is 75.6 Å². The summed E-state index contributed by atoms with van der Waals surface area (Å²) in [6.45, 7) is 4.44. The van der Waals surface area contributed by atoms with Crippen LogP contribution < -0.4 is 4.72 Å². The van der Waals surface area contributed by atoms with E-state index in [1.165, 1.54) is 6.07 Å². The summed E-state index contributed by atoms with van der Waals surface area (Å²) in [4.78, 5) is 0.176. The Labute approximate surface area is 113 Å². The van der Waals surface area contributed by atoms with E-state index in [0.717, 1.165) is 5.56 Å². The Morgan fingerprint density at radius 3 is 2.79 bits per heavy atom. The summed E-state index contributed by atoms with van der Waals surface area (Å²) in [6, 6.07) is 4.76. The SMILES string of the molecule is Cc1ccc(S(=O)(=O)NC2(C)CCOC2)cc1CO. The molecule has 1 fully saturated rings. The molecule has 106 valence electrons. The fraction of sp³-hybridized carbons (Fsp3) is 0.538. The highest BCUT2D eigenvalue weighted by molar-refractivity contribution is 7.89. The van der Waals surface area contributed by atoms with Gasteiger partial charge in [0.25, 0.3) is 0 Å². The van der Waals surface area contributed by atoms with Crippen LogP contribution in [0.1, 0.15) is 24.5 Å². The van der Waals surface area contributed by atoms with Gasteiger partial charge in [-0.25, -0.2) is 13.1 Å². The molecule has 1 unspecified atom stereocenters. The van der Waals surface area contributed by atoms with Crippen molar-refractivity contribution in [2.75, 3.05) is 13.2 Å². The normalized spacial score (nSPS) is 23.7. The summed E-state index contributed by atoms with van der Waals surface area (Å²) in [7, 11) is -3.59. The lowest BCUT2D eigenvalue weighted by Crippen LogP contribution is -2.46. The average molecular weight is 285 g/mol. The summed E-state index contributed by atoms with van der Waals surface area (Å²) >= 11 is 0. The van der Waals surface area contributed by atoms with Crippen LogP contribution in [-0.2, 0) is 21.4 Å². The van der Waals surface area contributed by atoms with Crippen molar-refractivity contribution in [3.8, 4) is 0 Å². The van der Waals surface area contributed by atoms with Gasteiger partial charge in [0.05, 0.1) is 23.6 Å². The number of aryl methyl sites for hydroxylation is 1. The quantitative estimate of drug-likeness (QED) is 0.863. The Hall–Kier alpha value is -0.950. The maximum absolute atomic E-state index is 12.3. The number of rotatable bonds is 4. The Kier molecular flexibility index (Phi) is 3.96. The van der Waals surface area contributed by atoms with Gasteiger partial charge in [0.15, 0.2) is 0 Å². The van der Waals surface area contributed by atoms with Crippen molar-refractivity contribution >= 4 is 10.0 Å². The smallest absolute Gasteiger partial charge is 0.241 e. The third-order valence-electron chi connectivity index (χ3n) is 3.40. The van der Waals surface area contributed by atoms with E-state index in [2.05, 4.69) is 4.72 Å². The fourth-order valence-electron chi connectivity index (χ4n) is 2.12. The molecule has 1 atom stereocenters. The third-order valence-corrected chi connectivity index (χ3v) is 5.04. The van der Waals surface area contributed by atoms with E-state index < -0.39 is 15.6 Å². The van der Waals surface area contributed by atoms with Crippen molar-refractivity contribution < 1.29 is 18.3 Å². The van der Waals surface area contributed by atoms with Crippen molar-refractivity contribution in [2.45, 2.75) is 37.3 Å². The van der Waals surface area contributed by atoms with Gasteiger partial charge >= 0.3 is 0 Å². The minimum absolute atomic E-state index is 0.171. The van der Waals surface area contributed by atoms with Crippen LogP contribution >= 0.6 is 0 Å². The molecule has 2 N–H and O–H groups in total. The van der Waals surface area contributed by atoms with Gasteiger partial charge in [-0.1, -0.05) is 6.07 Å². The number of hydrogen-bond donors (Lipinski definition) is 2. The highest BCUT2D eigenvalue weighted by Crippen LogP contribution is 2.22. The summed E-state index contributed by atoms with van der Waals surface area (Å²) < 4.78 is 32.6. The molecule has 1 aromatic carbocycles. The van der Waals surface area contributed by atoms with Crippen molar-refractivity contribution in [2.24, 2.45) is 0 Å². The standard InChI is InChI=1S/C13H19NO4S/c1-10-3-4-12(7-11(10)8-15)19(16,17)14-13(2)5-6-18-9-13/h3-4,7,14-15H,5-6,8-9H2,1-2H3. The molecule has 1 saturated heterocycles. The zero-order valence-electron chi connectivity index (χ0n) is 11.1. The van der Waals surface area contributed by atoms with Crippen LogP contribution in [0.2, 0.25) is 0 Å². The van der Waals surface area contributed by atoms with E-state index in [1.54, 1.807) is 12.1 Å². The maximum Gasteiger partial charge on any atom is 0.241 e. The van der Waals surface area contributed by atoms with Crippen molar-refractivity contribution in [1.82, 2.24) is 4.72 Å². The largest absolute Gasteiger partial charge is 0.392 e. The number of aliphatic hydroxyl groups is 1. The van der Waals surface area contributed by atoms with Gasteiger partial charge in [-0.3, -0.25) is 0 Å². The number of aliphatic hydroxyl groups excluding tert-OH is 1. The Balaban J connectivity index is 2.29. The summed E-state index contributed by atoms with van der Waals surface area (Å²) in [5.41, 5.74) is 0.941. The van der Waals surface area contributed by atoms with Gasteiger partial charge in [-0.2, -0.15) is 0 Å². The van der Waals surface area contributed by atoms with Gasteiger partial charge in [-0.15, -0.1) is 0 Å². The number of benzene rings is 1. The summed E-state index contributed by atoms with van der Waals surface area (Å²) in [5.74, 6) is 0. The molecule has 1 aliphatic rings. The predicted octanol–water partition coefficient (Wildman–Crippen LogP) is 0.945. The van der Waals surface area contributed by atoms with Gasteiger partial charge < -0.3 is 9.84 Å². The second-order valence-corrected chi connectivity index (χ2v) is 6.90. The van der Waals surface area contributed by atoms with Crippen LogP contribution in [0.3, 0.4) is 0 Å². The second-order valence-electron chi connectivity index (χ2n) is 5.22. The molecule has 2 rings (SSSR count). The lowest BCUT2D eigenvalue weighted by Gasteiger charge is -2.23. The molecule has 1 heterocycles. The molecule has 0 bridgehead atoms. The first-order valence-electron chi connectivity index (χ1n) is 6.18. The van der Waals surface area contributed by atoms with E-state index in [4.69, 9.17) is 4.74 Å². The second kappa shape index (κ2) is 5.20. The van der Waals surface area contributed by atoms with Crippen LogP contribution in [0.5, 0.6) is 0 Å². The van der Waals surface area contributed by atoms with Crippen LogP contribution in [0.4, 0.5) is 0 Å². The van der Waals surface area contributed by atoms with Gasteiger partial charge in [0, 0.05) is 6.61 Å². The molecule has 0 aromatic heterocycles. The molecule has 0 amide bonds. The predicted molar refractivity (Wildman–Crippen MR) is 71.3 cm³/mol. The number of hydrogen-bond acceptors (Lipinski definition) is 4. The fourth-order valence-corrected chi connectivity index (χ4v) is 3.59. The number of nitrogens with one attached hydrogen (secondary N) is 1. The molecule has 19 heavy (non-hydrogen) atoms. The summed E-state index contributed by atoms with van der Waals surface area (Å²) in [6.07, 6.45) is 0.658. The first-order valence-corrected chi connectivity index (χ1v) is 7.67. The molecule has 1 aliphatic heterocycles. The molecule has 6 heteroatoms. The van der Waals surface area contributed by atoms with Gasteiger partial charge in [-0.05, 0) is 43.5 Å². The lowest BCUT2D eigenvalue weighted by atomic mass is 10.0. The third kappa shape index (κ3) is 3.14. The minimum atomic E-state index is -3.59. The Bertz CT molecular complexity index is 562. The van der Waals surface area contributed by atoms with Crippen LogP contribution in [0.15, 0.2) is 23.1 Å². The van der Waals surface area contributed by atoms with E-state index in [1.807, 2.05) is 13.8 Å². The molecule has 0 radical (unpaired) electrons. The lowest BCUT2D eigenvalue weighted by molar-refractivity contribution is 0.178. The molecule has 0 aliphatic carbocycles. The van der Waals surface area contributed by atoms with E-state index >= 15 is 0 Å². The molecule has 5 nitrogen and oxygen atoms in total. The summed E-state index contributed by atoms with van der Waals surface area (Å²) in [5, 5.41) is 9.21. The van der Waals surface area contributed by atoms with Crippen molar-refractivity contribution in [3.05, 3.63) is 29.3 Å². The monoisotopic (exact) mass is 285 g/mol. The minimum Gasteiger partial charge on any atom is -0.392 e. The average Bonchev–Trinajstić information content (AvgIpc) is 2.75. The molecule has 0 saturated carbocycles. The zero-order chi connectivity index (χ0) is 14.1. The van der Waals surface area contributed by atoms with Gasteiger partial charge in [0.2, 0.25) is 10.0 Å². The van der Waals surface area contributed by atoms with Gasteiger partial charge in [0.1, 0.15) is 0 Å². The highest BCUT2D eigenvalue weighted by Gasteiger charge is 2.34. The molecule has 1 aromatic rings. The molecular formula is C13H19NO4S. The first kappa shape index (κ1) is 14.5. The number of sulfonamides is 1. The molecule has 0 spiro atoms. The Morgan fingerprint density at radius 2 is 2.21 bits per heavy atom. The maximum atomic E-state index is 12.3. The zero-order valence-corrected chi connectivity index (χ0v) is 12.0. The van der Waals surface area contributed by atoms with Crippen LogP contribution in [0, 0.1) is 6.92 Å². The Morgan fingerprint density at radius 1 is 1.47 bits per heavy atom. The van der Waals surface area contributed by atoms with Crippen molar-refractivity contribution in [3.63, 3.8) is 0 Å². The first-order chi connectivity index (χ1) is 8.86.